The molecule has 1 aliphatic carbocycles. The lowest BCUT2D eigenvalue weighted by atomic mass is 10.1. The molecule has 3 N–H and O–H groups in total. The third kappa shape index (κ3) is 2.42. The number of anilines is 1. The van der Waals surface area contributed by atoms with Gasteiger partial charge in [-0.05, 0) is 29.9 Å². The summed E-state index contributed by atoms with van der Waals surface area (Å²) in [6.07, 6.45) is 1.16. The van der Waals surface area contributed by atoms with Gasteiger partial charge in [-0.15, -0.1) is 0 Å². The fourth-order valence-corrected chi connectivity index (χ4v) is 2.19. The van der Waals surface area contributed by atoms with Gasteiger partial charge in [0.2, 0.25) is 0 Å². The van der Waals surface area contributed by atoms with E-state index in [1.54, 1.807) is 18.2 Å². The zero-order chi connectivity index (χ0) is 13.3. The van der Waals surface area contributed by atoms with Crippen LogP contribution in [0.15, 0.2) is 18.2 Å². The number of rotatable bonds is 4. The maximum atomic E-state index is 12.1. The predicted molar refractivity (Wildman–Crippen MR) is 71.6 cm³/mol. The van der Waals surface area contributed by atoms with E-state index in [9.17, 15) is 4.79 Å². The van der Waals surface area contributed by atoms with Crippen molar-refractivity contribution in [2.45, 2.75) is 20.3 Å². The summed E-state index contributed by atoms with van der Waals surface area (Å²) in [5.41, 5.74) is 7.07. The number of amides is 1. The van der Waals surface area contributed by atoms with Gasteiger partial charge in [-0.25, -0.2) is 0 Å². The molecular weight excluding hydrogens is 228 g/mol. The van der Waals surface area contributed by atoms with Crippen molar-refractivity contribution in [1.29, 1.82) is 0 Å². The Bertz CT molecular complexity index is 469. The van der Waals surface area contributed by atoms with E-state index < -0.39 is 0 Å². The molecule has 0 spiro atoms. The lowest BCUT2D eigenvalue weighted by Crippen LogP contribution is -2.27. The van der Waals surface area contributed by atoms with Crippen LogP contribution in [0.2, 0.25) is 0 Å². The van der Waals surface area contributed by atoms with Crippen molar-refractivity contribution in [3.8, 4) is 5.75 Å². The normalized spacial score (nSPS) is 20.3. The van der Waals surface area contributed by atoms with Gasteiger partial charge in [0, 0.05) is 12.2 Å². The fourth-order valence-electron chi connectivity index (χ4n) is 2.19. The molecule has 1 aromatic carbocycles. The minimum atomic E-state index is -0.160. The summed E-state index contributed by atoms with van der Waals surface area (Å²) in [5.74, 6) is 0.924. The Morgan fingerprint density at radius 1 is 1.56 bits per heavy atom. The Morgan fingerprint density at radius 2 is 2.22 bits per heavy atom. The van der Waals surface area contributed by atoms with Crippen LogP contribution >= 0.6 is 0 Å². The third-order valence-corrected chi connectivity index (χ3v) is 3.73. The molecule has 1 amide bonds. The molecule has 0 aliphatic heterocycles. The minimum absolute atomic E-state index is 0.160. The van der Waals surface area contributed by atoms with Gasteiger partial charge in [-0.2, -0.15) is 0 Å². The molecule has 2 rings (SSSR count). The van der Waals surface area contributed by atoms with Gasteiger partial charge in [0.15, 0.2) is 0 Å². The predicted octanol–water partition coefficient (Wildman–Crippen LogP) is 2.05. The summed E-state index contributed by atoms with van der Waals surface area (Å²) in [5, 5.41) is 2.93. The first kappa shape index (κ1) is 12.7. The first-order valence-electron chi connectivity index (χ1n) is 6.16. The van der Waals surface area contributed by atoms with Crippen LogP contribution in [0.25, 0.3) is 0 Å². The average Bonchev–Trinajstić information content (AvgIpc) is 2.93. The van der Waals surface area contributed by atoms with Gasteiger partial charge >= 0.3 is 0 Å². The quantitative estimate of drug-likeness (QED) is 0.802. The highest BCUT2D eigenvalue weighted by molar-refractivity contribution is 6.01. The highest BCUT2D eigenvalue weighted by Gasteiger charge is 2.45. The Morgan fingerprint density at radius 3 is 2.78 bits per heavy atom. The van der Waals surface area contributed by atoms with E-state index in [-0.39, 0.29) is 5.91 Å². The van der Waals surface area contributed by atoms with Gasteiger partial charge in [0.1, 0.15) is 11.3 Å². The van der Waals surface area contributed by atoms with E-state index >= 15 is 0 Å². The molecule has 0 aromatic heterocycles. The van der Waals surface area contributed by atoms with Crippen molar-refractivity contribution >= 4 is 11.6 Å². The van der Waals surface area contributed by atoms with Crippen molar-refractivity contribution < 1.29 is 9.53 Å². The van der Waals surface area contributed by atoms with E-state index in [0.717, 1.165) is 6.42 Å². The Kier molecular flexibility index (Phi) is 3.20. The maximum absolute atomic E-state index is 12.1. The summed E-state index contributed by atoms with van der Waals surface area (Å²) in [7, 11) is 1.54. The molecule has 4 nitrogen and oxygen atoms in total. The van der Waals surface area contributed by atoms with Gasteiger partial charge < -0.3 is 15.8 Å². The van der Waals surface area contributed by atoms with Gasteiger partial charge in [-0.1, -0.05) is 19.9 Å². The highest BCUT2D eigenvalue weighted by atomic mass is 16.5. The summed E-state index contributed by atoms with van der Waals surface area (Å²) in [6.45, 7) is 5.12. The van der Waals surface area contributed by atoms with E-state index in [0.29, 0.717) is 34.9 Å². The molecule has 1 fully saturated rings. The van der Waals surface area contributed by atoms with Crippen molar-refractivity contribution in [3.63, 3.8) is 0 Å². The number of nitrogens with two attached hydrogens (primary N) is 1. The summed E-state index contributed by atoms with van der Waals surface area (Å²) >= 11 is 0. The van der Waals surface area contributed by atoms with E-state index in [4.69, 9.17) is 10.5 Å². The third-order valence-electron chi connectivity index (χ3n) is 3.73. The SMILES string of the molecule is COc1cccc(N)c1C(=O)NCC1CC1(C)C. The largest absolute Gasteiger partial charge is 0.496 e. The molecule has 18 heavy (non-hydrogen) atoms. The molecule has 4 heteroatoms. The Hall–Kier alpha value is -1.71. The lowest BCUT2D eigenvalue weighted by Gasteiger charge is -2.12. The number of hydrogen-bond donors (Lipinski definition) is 2. The van der Waals surface area contributed by atoms with Crippen LogP contribution < -0.4 is 15.8 Å². The smallest absolute Gasteiger partial charge is 0.257 e. The van der Waals surface area contributed by atoms with Crippen LogP contribution in [0.3, 0.4) is 0 Å². The second-order valence-corrected chi connectivity index (χ2v) is 5.52. The van der Waals surface area contributed by atoms with Crippen LogP contribution in [-0.2, 0) is 0 Å². The van der Waals surface area contributed by atoms with Gasteiger partial charge in [0.25, 0.3) is 5.91 Å². The Labute approximate surface area is 108 Å². The summed E-state index contributed by atoms with van der Waals surface area (Å²) in [6, 6.07) is 5.22. The van der Waals surface area contributed by atoms with Crippen molar-refractivity contribution in [2.75, 3.05) is 19.4 Å². The average molecular weight is 248 g/mol. The molecule has 0 bridgehead atoms. The molecular formula is C14H20N2O2. The van der Waals surface area contributed by atoms with Crippen LogP contribution in [0.1, 0.15) is 30.6 Å². The number of carbonyl (C=O) groups excluding carboxylic acids is 1. The first-order chi connectivity index (χ1) is 8.45. The number of methoxy groups -OCH3 is 1. The van der Waals surface area contributed by atoms with Crippen LogP contribution in [0, 0.1) is 11.3 Å². The van der Waals surface area contributed by atoms with Crippen molar-refractivity contribution in [2.24, 2.45) is 11.3 Å². The van der Waals surface area contributed by atoms with E-state index in [1.165, 1.54) is 7.11 Å². The van der Waals surface area contributed by atoms with Gasteiger partial charge in [0.05, 0.1) is 7.11 Å². The Balaban J connectivity index is 2.05. The van der Waals surface area contributed by atoms with Crippen LogP contribution in [0.4, 0.5) is 5.69 Å². The van der Waals surface area contributed by atoms with Crippen LogP contribution in [-0.4, -0.2) is 19.6 Å². The zero-order valence-electron chi connectivity index (χ0n) is 11.1. The molecule has 0 heterocycles. The summed E-state index contributed by atoms with van der Waals surface area (Å²) in [4.78, 5) is 12.1. The number of benzene rings is 1. The number of nitrogens with one attached hydrogen (secondary N) is 1. The second kappa shape index (κ2) is 4.52. The number of carbonyl (C=O) groups is 1. The molecule has 0 saturated heterocycles. The van der Waals surface area contributed by atoms with Crippen LogP contribution in [0.5, 0.6) is 5.75 Å². The number of nitrogen functional groups attached to an aromatic ring is 1. The molecule has 1 aromatic rings. The lowest BCUT2D eigenvalue weighted by molar-refractivity contribution is 0.0948. The second-order valence-electron chi connectivity index (χ2n) is 5.52. The number of hydrogen-bond acceptors (Lipinski definition) is 3. The van der Waals surface area contributed by atoms with E-state index in [1.807, 2.05) is 0 Å². The van der Waals surface area contributed by atoms with E-state index in [2.05, 4.69) is 19.2 Å². The van der Waals surface area contributed by atoms with Gasteiger partial charge in [-0.3, -0.25) is 4.79 Å². The standard InChI is InChI=1S/C14H20N2O2/c1-14(2)7-9(14)8-16-13(17)12-10(15)5-4-6-11(12)18-3/h4-6,9H,7-8,15H2,1-3H3,(H,16,17). The number of ether oxygens (including phenoxy) is 1. The highest BCUT2D eigenvalue weighted by Crippen LogP contribution is 2.51. The molecule has 1 unspecified atom stereocenters. The molecule has 1 atom stereocenters. The first-order valence-corrected chi connectivity index (χ1v) is 6.16. The maximum Gasteiger partial charge on any atom is 0.257 e. The molecule has 1 saturated carbocycles. The topological polar surface area (TPSA) is 64.3 Å². The minimum Gasteiger partial charge on any atom is -0.496 e. The monoisotopic (exact) mass is 248 g/mol. The molecule has 98 valence electrons. The molecule has 1 aliphatic rings. The fraction of sp³-hybridized carbons (Fsp3) is 0.500. The molecule has 0 radical (unpaired) electrons. The van der Waals surface area contributed by atoms with Crippen molar-refractivity contribution in [3.05, 3.63) is 23.8 Å². The van der Waals surface area contributed by atoms with Crippen molar-refractivity contribution in [1.82, 2.24) is 5.32 Å². The summed E-state index contributed by atoms with van der Waals surface area (Å²) < 4.78 is 5.17. The zero-order valence-corrected chi connectivity index (χ0v) is 11.1.